The molecule has 1 aromatic carbocycles. The minimum absolute atomic E-state index is 0.202. The number of alkyl halides is 3. The van der Waals surface area contributed by atoms with Crippen LogP contribution < -0.4 is 0 Å². The van der Waals surface area contributed by atoms with Gasteiger partial charge in [-0.3, -0.25) is 4.79 Å². The first-order chi connectivity index (χ1) is 10.8. The summed E-state index contributed by atoms with van der Waals surface area (Å²) in [6.07, 6.45) is -4.10. The number of nitrogens with zero attached hydrogens (tertiary/aromatic N) is 2. The van der Waals surface area contributed by atoms with E-state index in [1.54, 1.807) is 30.3 Å². The van der Waals surface area contributed by atoms with Crippen molar-refractivity contribution in [2.24, 2.45) is 5.10 Å². The largest absolute Gasteiger partial charge is 0.438 e. The van der Waals surface area contributed by atoms with Gasteiger partial charge in [-0.05, 0) is 18.4 Å². The van der Waals surface area contributed by atoms with Crippen LogP contribution in [-0.4, -0.2) is 33.6 Å². The Morgan fingerprint density at radius 3 is 2.57 bits per heavy atom. The molecule has 126 valence electrons. The van der Waals surface area contributed by atoms with E-state index in [0.717, 1.165) is 6.42 Å². The van der Waals surface area contributed by atoms with Gasteiger partial charge < -0.3 is 5.11 Å². The SMILES string of the molecule is CCCCC1=NN(C(=O)Cc2ccccc2)[C@](O)(C(F)(F)F)C1. The van der Waals surface area contributed by atoms with E-state index in [-0.39, 0.29) is 17.1 Å². The lowest BCUT2D eigenvalue weighted by molar-refractivity contribution is -0.302. The van der Waals surface area contributed by atoms with E-state index in [1.807, 2.05) is 6.92 Å². The summed E-state index contributed by atoms with van der Waals surface area (Å²) in [6.45, 7) is 1.91. The molecule has 0 bridgehead atoms. The molecule has 0 aliphatic carbocycles. The van der Waals surface area contributed by atoms with Crippen LogP contribution in [0.3, 0.4) is 0 Å². The number of aliphatic hydroxyl groups is 1. The van der Waals surface area contributed by atoms with E-state index < -0.39 is 24.2 Å². The maximum Gasteiger partial charge on any atom is 0.438 e. The van der Waals surface area contributed by atoms with Crippen molar-refractivity contribution >= 4 is 11.6 Å². The molecule has 4 nitrogen and oxygen atoms in total. The number of carbonyl (C=O) groups excluding carboxylic acids is 1. The molecule has 0 fully saturated rings. The van der Waals surface area contributed by atoms with E-state index in [4.69, 9.17) is 0 Å². The lowest BCUT2D eigenvalue weighted by Crippen LogP contribution is -2.57. The molecule has 0 unspecified atom stereocenters. The Kier molecular flexibility index (Phi) is 5.09. The van der Waals surface area contributed by atoms with E-state index in [9.17, 15) is 23.1 Å². The highest BCUT2D eigenvalue weighted by Crippen LogP contribution is 2.41. The third-order valence-electron chi connectivity index (χ3n) is 3.75. The van der Waals surface area contributed by atoms with E-state index in [2.05, 4.69) is 5.10 Å². The van der Waals surface area contributed by atoms with Crippen molar-refractivity contribution in [2.75, 3.05) is 0 Å². The number of rotatable bonds is 5. The topological polar surface area (TPSA) is 52.9 Å². The molecule has 1 heterocycles. The molecule has 0 radical (unpaired) electrons. The van der Waals surface area contributed by atoms with Crippen molar-refractivity contribution < 1.29 is 23.1 Å². The molecule has 7 heteroatoms. The highest BCUT2D eigenvalue weighted by Gasteiger charge is 2.62. The molecule has 1 aliphatic heterocycles. The van der Waals surface area contributed by atoms with Crippen LogP contribution in [0.15, 0.2) is 35.4 Å². The first-order valence-electron chi connectivity index (χ1n) is 7.50. The quantitative estimate of drug-likeness (QED) is 0.902. The Hall–Kier alpha value is -1.89. The van der Waals surface area contributed by atoms with E-state index in [0.29, 0.717) is 18.4 Å². The van der Waals surface area contributed by atoms with Gasteiger partial charge in [0.1, 0.15) is 0 Å². The molecule has 1 aliphatic rings. The van der Waals surface area contributed by atoms with Crippen LogP contribution in [-0.2, 0) is 11.2 Å². The summed E-state index contributed by atoms with van der Waals surface area (Å²) in [5.74, 6) is -0.873. The minimum Gasteiger partial charge on any atom is -0.362 e. The van der Waals surface area contributed by atoms with Crippen LogP contribution in [0, 0.1) is 0 Å². The Labute approximate surface area is 132 Å². The molecule has 1 atom stereocenters. The third-order valence-corrected chi connectivity index (χ3v) is 3.75. The van der Waals surface area contributed by atoms with Gasteiger partial charge >= 0.3 is 6.18 Å². The van der Waals surface area contributed by atoms with Gasteiger partial charge in [-0.25, -0.2) is 0 Å². The second kappa shape index (κ2) is 6.70. The molecule has 23 heavy (non-hydrogen) atoms. The Balaban J connectivity index is 2.23. The van der Waals surface area contributed by atoms with Crippen LogP contribution in [0.1, 0.15) is 38.2 Å². The number of carbonyl (C=O) groups is 1. The lowest BCUT2D eigenvalue weighted by atomic mass is 10.0. The zero-order valence-electron chi connectivity index (χ0n) is 12.8. The Bertz CT molecular complexity index is 587. The highest BCUT2D eigenvalue weighted by atomic mass is 19.4. The Morgan fingerprint density at radius 2 is 2.00 bits per heavy atom. The molecule has 1 amide bonds. The second-order valence-corrected chi connectivity index (χ2v) is 5.63. The average molecular weight is 328 g/mol. The van der Waals surface area contributed by atoms with Gasteiger partial charge in [-0.15, -0.1) is 0 Å². The highest BCUT2D eigenvalue weighted by molar-refractivity contribution is 5.91. The van der Waals surface area contributed by atoms with E-state index in [1.165, 1.54) is 0 Å². The summed E-state index contributed by atoms with van der Waals surface area (Å²) < 4.78 is 39.8. The number of halogens is 3. The third kappa shape index (κ3) is 3.72. The van der Waals surface area contributed by atoms with Gasteiger partial charge in [0, 0.05) is 12.1 Å². The summed E-state index contributed by atoms with van der Waals surface area (Å²) in [4.78, 5) is 12.3. The number of hydrogen-bond donors (Lipinski definition) is 1. The zero-order valence-corrected chi connectivity index (χ0v) is 12.8. The van der Waals surface area contributed by atoms with Crippen LogP contribution >= 0.6 is 0 Å². The molecule has 1 aromatic rings. The maximum absolute atomic E-state index is 13.3. The molecule has 0 saturated heterocycles. The van der Waals surface area contributed by atoms with Crippen LogP contribution in [0.4, 0.5) is 13.2 Å². The Morgan fingerprint density at radius 1 is 1.35 bits per heavy atom. The number of benzene rings is 1. The summed E-state index contributed by atoms with van der Waals surface area (Å²) in [5, 5.41) is 14.1. The average Bonchev–Trinajstić information content (AvgIpc) is 2.84. The lowest BCUT2D eigenvalue weighted by Gasteiger charge is -2.32. The van der Waals surface area contributed by atoms with Crippen molar-refractivity contribution in [3.05, 3.63) is 35.9 Å². The predicted octanol–water partition coefficient (Wildman–Crippen LogP) is 3.26. The molecule has 0 spiro atoms. The minimum atomic E-state index is -4.96. The molecule has 0 aromatic heterocycles. The van der Waals surface area contributed by atoms with Crippen molar-refractivity contribution in [3.63, 3.8) is 0 Å². The van der Waals surface area contributed by atoms with Crippen LogP contribution in [0.5, 0.6) is 0 Å². The van der Waals surface area contributed by atoms with Gasteiger partial charge in [0.2, 0.25) is 5.91 Å². The molecule has 1 N–H and O–H groups in total. The fraction of sp³-hybridized carbons (Fsp3) is 0.500. The number of unbranched alkanes of at least 4 members (excludes halogenated alkanes) is 1. The van der Waals surface area contributed by atoms with E-state index >= 15 is 0 Å². The fourth-order valence-corrected chi connectivity index (χ4v) is 2.47. The van der Waals surface area contributed by atoms with Crippen LogP contribution in [0.2, 0.25) is 0 Å². The predicted molar refractivity (Wildman–Crippen MR) is 79.6 cm³/mol. The van der Waals surface area contributed by atoms with Gasteiger partial charge in [-0.2, -0.15) is 23.3 Å². The fourth-order valence-electron chi connectivity index (χ4n) is 2.47. The van der Waals surface area contributed by atoms with Crippen molar-refractivity contribution in [1.82, 2.24) is 5.01 Å². The molecule has 0 saturated carbocycles. The number of hydrazone groups is 1. The second-order valence-electron chi connectivity index (χ2n) is 5.63. The van der Waals surface area contributed by atoms with Crippen LogP contribution in [0.25, 0.3) is 0 Å². The van der Waals surface area contributed by atoms with Crippen molar-refractivity contribution in [1.29, 1.82) is 0 Å². The maximum atomic E-state index is 13.3. The monoisotopic (exact) mass is 328 g/mol. The summed E-state index contributed by atoms with van der Waals surface area (Å²) in [5.41, 5.74) is -2.48. The number of amides is 1. The first kappa shape index (κ1) is 17.5. The summed E-state index contributed by atoms with van der Waals surface area (Å²) in [6, 6.07) is 8.42. The van der Waals surface area contributed by atoms with Gasteiger partial charge in [0.05, 0.1) is 6.42 Å². The first-order valence-corrected chi connectivity index (χ1v) is 7.50. The zero-order chi connectivity index (χ0) is 17.1. The van der Waals surface area contributed by atoms with Gasteiger partial charge in [0.25, 0.3) is 5.72 Å². The number of hydrogen-bond acceptors (Lipinski definition) is 3. The standard InChI is InChI=1S/C16H19F3N2O2/c1-2-3-9-13-11-15(23,16(17,18)19)21(20-13)14(22)10-12-7-5-4-6-8-12/h4-8,23H,2-3,9-11H2,1H3/t15-/m1/s1. The summed E-state index contributed by atoms with van der Waals surface area (Å²) >= 11 is 0. The van der Waals surface area contributed by atoms with Gasteiger partial charge in [0.15, 0.2) is 0 Å². The van der Waals surface area contributed by atoms with Crippen molar-refractivity contribution in [3.8, 4) is 0 Å². The van der Waals surface area contributed by atoms with Gasteiger partial charge in [-0.1, -0.05) is 43.7 Å². The normalized spacial score (nSPS) is 21.4. The smallest absolute Gasteiger partial charge is 0.362 e. The van der Waals surface area contributed by atoms with Crippen molar-refractivity contribution in [2.45, 2.75) is 50.9 Å². The molecular formula is C16H19F3N2O2. The molecule has 2 rings (SSSR count). The molecular weight excluding hydrogens is 309 g/mol. The summed E-state index contributed by atoms with van der Waals surface area (Å²) in [7, 11) is 0.